The van der Waals surface area contributed by atoms with Crippen LogP contribution in [0, 0.1) is 0 Å². The molecule has 6 rings (SSSR count). The van der Waals surface area contributed by atoms with Gasteiger partial charge >= 0.3 is 6.03 Å². The van der Waals surface area contributed by atoms with Gasteiger partial charge in [-0.25, -0.2) is 9.78 Å². The normalized spacial score (nSPS) is 14.9. The molecule has 0 spiro atoms. The van der Waals surface area contributed by atoms with E-state index in [1.807, 2.05) is 36.5 Å². The Labute approximate surface area is 234 Å². The van der Waals surface area contributed by atoms with Crippen LogP contribution in [0.3, 0.4) is 0 Å². The van der Waals surface area contributed by atoms with Crippen molar-refractivity contribution in [2.45, 2.75) is 12.8 Å². The number of imidazole rings is 1. The third-order valence-corrected chi connectivity index (χ3v) is 7.83. The van der Waals surface area contributed by atoms with Gasteiger partial charge in [-0.3, -0.25) is 14.6 Å². The summed E-state index contributed by atoms with van der Waals surface area (Å²) in [6.45, 7) is 6.78. The molecule has 11 nitrogen and oxygen atoms in total. The highest BCUT2D eigenvalue weighted by Crippen LogP contribution is 2.32. The Hall–Kier alpha value is -3.97. The number of aliphatic hydroxyl groups is 1. The van der Waals surface area contributed by atoms with Crippen LogP contribution >= 0.6 is 11.3 Å². The number of morpholine rings is 1. The van der Waals surface area contributed by atoms with Gasteiger partial charge in [-0.2, -0.15) is 0 Å². The maximum atomic E-state index is 12.4. The first-order chi connectivity index (χ1) is 19.6. The van der Waals surface area contributed by atoms with E-state index < -0.39 is 6.03 Å². The number of carbonyl (C=O) groups is 1. The van der Waals surface area contributed by atoms with Gasteiger partial charge in [0, 0.05) is 49.1 Å². The van der Waals surface area contributed by atoms with Crippen LogP contribution in [0.15, 0.2) is 59.3 Å². The lowest BCUT2D eigenvalue weighted by Crippen LogP contribution is -2.38. The maximum Gasteiger partial charge on any atom is 0.324 e. The summed E-state index contributed by atoms with van der Waals surface area (Å²) in [4.78, 5) is 20.5. The Kier molecular flexibility index (Phi) is 7.64. The van der Waals surface area contributed by atoms with Crippen molar-refractivity contribution >= 4 is 44.1 Å². The summed E-state index contributed by atoms with van der Waals surface area (Å²) in [7, 11) is 0. The third kappa shape index (κ3) is 5.80. The van der Waals surface area contributed by atoms with E-state index >= 15 is 0 Å². The standard InChI is InChI=1S/C28H30N6O5S/c1-18(17-35)24-15-26(32-39-24)31-27(36)29-20-4-2-19(3-5-20)22-16-34-23-7-6-21(14-25(23)40-28(34)30-22)38-13-10-33-8-11-37-12-9-33/h2-7,14-16,18,35H,8-13,17H2,1H3,(H2,29,31,32,36). The number of aromatic nitrogens is 3. The third-order valence-electron chi connectivity index (χ3n) is 6.81. The van der Waals surface area contributed by atoms with Crippen molar-refractivity contribution in [1.82, 2.24) is 19.4 Å². The fraction of sp³-hybridized carbons (Fsp3) is 0.321. The average molecular weight is 563 g/mol. The SMILES string of the molecule is CC(CO)c1cc(NC(=O)Nc2ccc(-c3cn4c(n3)sc3cc(OCCN5CCOCC5)ccc34)cc2)no1. The molecule has 0 radical (unpaired) electrons. The molecule has 0 saturated carbocycles. The number of rotatable bonds is 9. The molecule has 1 aliphatic heterocycles. The monoisotopic (exact) mass is 562 g/mol. The minimum absolute atomic E-state index is 0.0654. The van der Waals surface area contributed by atoms with Crippen LogP contribution in [0.4, 0.5) is 16.3 Å². The lowest BCUT2D eigenvalue weighted by molar-refractivity contribution is 0.0322. The molecule has 1 aliphatic rings. The molecule has 2 amide bonds. The number of fused-ring (bicyclic) bond motifs is 3. The molecule has 40 heavy (non-hydrogen) atoms. The molecule has 1 saturated heterocycles. The number of carbonyl (C=O) groups excluding carboxylic acids is 1. The Morgan fingerprint density at radius 2 is 1.98 bits per heavy atom. The number of amides is 2. The Balaban J connectivity index is 1.07. The molecular weight excluding hydrogens is 532 g/mol. The number of anilines is 2. The van der Waals surface area contributed by atoms with Crippen molar-refractivity contribution in [1.29, 1.82) is 0 Å². The second-order valence-electron chi connectivity index (χ2n) is 9.67. The zero-order valence-corrected chi connectivity index (χ0v) is 22.8. The lowest BCUT2D eigenvalue weighted by atomic mass is 10.1. The molecule has 1 atom stereocenters. The number of aliphatic hydroxyl groups excluding tert-OH is 1. The van der Waals surface area contributed by atoms with Gasteiger partial charge in [0.2, 0.25) is 0 Å². The van der Waals surface area contributed by atoms with E-state index in [1.165, 1.54) is 0 Å². The predicted molar refractivity (Wildman–Crippen MR) is 153 cm³/mol. The number of hydrogen-bond donors (Lipinski definition) is 3. The average Bonchev–Trinajstić information content (AvgIpc) is 3.68. The summed E-state index contributed by atoms with van der Waals surface area (Å²) < 4.78 is 19.8. The van der Waals surface area contributed by atoms with Gasteiger partial charge in [-0.05, 0) is 30.3 Å². The summed E-state index contributed by atoms with van der Waals surface area (Å²) >= 11 is 1.62. The van der Waals surface area contributed by atoms with Crippen molar-refractivity contribution in [3.8, 4) is 17.0 Å². The summed E-state index contributed by atoms with van der Waals surface area (Å²) in [5.41, 5.74) is 3.50. The van der Waals surface area contributed by atoms with Crippen LogP contribution in [0.1, 0.15) is 18.6 Å². The number of nitrogens with zero attached hydrogens (tertiary/aromatic N) is 4. The van der Waals surface area contributed by atoms with Gasteiger partial charge in [0.25, 0.3) is 0 Å². The van der Waals surface area contributed by atoms with E-state index in [9.17, 15) is 9.90 Å². The molecule has 1 unspecified atom stereocenters. The van der Waals surface area contributed by atoms with Crippen molar-refractivity contribution in [3.63, 3.8) is 0 Å². The van der Waals surface area contributed by atoms with Gasteiger partial charge in [-0.1, -0.05) is 35.5 Å². The first-order valence-corrected chi connectivity index (χ1v) is 14.0. The van der Waals surface area contributed by atoms with Crippen LogP contribution in [-0.2, 0) is 4.74 Å². The van der Waals surface area contributed by atoms with Gasteiger partial charge in [0.15, 0.2) is 10.8 Å². The Morgan fingerprint density at radius 3 is 2.77 bits per heavy atom. The van der Waals surface area contributed by atoms with Crippen molar-refractivity contribution in [3.05, 3.63) is 60.5 Å². The Bertz CT molecular complexity index is 1600. The topological polar surface area (TPSA) is 126 Å². The fourth-order valence-electron chi connectivity index (χ4n) is 4.50. The molecular formula is C28H30N6O5S. The summed E-state index contributed by atoms with van der Waals surface area (Å²) in [6, 6.07) is 14.8. The first-order valence-electron chi connectivity index (χ1n) is 13.2. The number of nitrogens with one attached hydrogen (secondary N) is 2. The van der Waals surface area contributed by atoms with Gasteiger partial charge in [0.05, 0.1) is 35.7 Å². The van der Waals surface area contributed by atoms with E-state index in [4.69, 9.17) is 19.0 Å². The summed E-state index contributed by atoms with van der Waals surface area (Å²) in [5, 5.41) is 18.4. The highest BCUT2D eigenvalue weighted by Gasteiger charge is 2.15. The van der Waals surface area contributed by atoms with E-state index in [0.29, 0.717) is 18.1 Å². The van der Waals surface area contributed by atoms with Gasteiger partial charge < -0.3 is 24.4 Å². The molecule has 4 heterocycles. The van der Waals surface area contributed by atoms with E-state index in [1.54, 1.807) is 24.3 Å². The van der Waals surface area contributed by atoms with Crippen LogP contribution < -0.4 is 15.4 Å². The van der Waals surface area contributed by atoms with Crippen LogP contribution in [0.2, 0.25) is 0 Å². The fourth-order valence-corrected chi connectivity index (χ4v) is 5.54. The quantitative estimate of drug-likeness (QED) is 0.237. The number of urea groups is 1. The summed E-state index contributed by atoms with van der Waals surface area (Å²) in [5.74, 6) is 1.45. The van der Waals surface area contributed by atoms with Crippen molar-refractivity contribution < 1.29 is 23.9 Å². The lowest BCUT2D eigenvalue weighted by Gasteiger charge is -2.26. The number of ether oxygens (including phenoxy) is 2. The highest BCUT2D eigenvalue weighted by atomic mass is 32.1. The smallest absolute Gasteiger partial charge is 0.324 e. The van der Waals surface area contributed by atoms with Crippen LogP contribution in [0.5, 0.6) is 5.75 Å². The number of hydrogen-bond acceptors (Lipinski definition) is 9. The van der Waals surface area contributed by atoms with E-state index in [-0.39, 0.29) is 18.3 Å². The second-order valence-corrected chi connectivity index (χ2v) is 10.7. The molecule has 12 heteroatoms. The van der Waals surface area contributed by atoms with Gasteiger partial charge in [0.1, 0.15) is 18.1 Å². The summed E-state index contributed by atoms with van der Waals surface area (Å²) in [6.07, 6.45) is 2.03. The Morgan fingerprint density at radius 1 is 1.15 bits per heavy atom. The molecule has 3 aromatic heterocycles. The predicted octanol–water partition coefficient (Wildman–Crippen LogP) is 4.65. The minimum atomic E-state index is -0.442. The first kappa shape index (κ1) is 26.3. The zero-order valence-electron chi connectivity index (χ0n) is 22.0. The molecule has 2 aromatic carbocycles. The van der Waals surface area contributed by atoms with E-state index in [0.717, 1.165) is 65.0 Å². The molecule has 0 bridgehead atoms. The zero-order chi connectivity index (χ0) is 27.5. The number of thiazole rings is 1. The largest absolute Gasteiger partial charge is 0.492 e. The molecule has 3 N–H and O–H groups in total. The highest BCUT2D eigenvalue weighted by molar-refractivity contribution is 7.23. The minimum Gasteiger partial charge on any atom is -0.492 e. The van der Waals surface area contributed by atoms with Crippen LogP contribution in [-0.4, -0.2) is 76.6 Å². The molecule has 1 fully saturated rings. The van der Waals surface area contributed by atoms with E-state index in [2.05, 4.69) is 37.2 Å². The van der Waals surface area contributed by atoms with Crippen molar-refractivity contribution in [2.24, 2.45) is 0 Å². The molecule has 208 valence electrons. The second kappa shape index (κ2) is 11.6. The maximum absolute atomic E-state index is 12.4. The van der Waals surface area contributed by atoms with Crippen molar-refractivity contribution in [2.75, 3.05) is 56.7 Å². The van der Waals surface area contributed by atoms with Crippen LogP contribution in [0.25, 0.3) is 26.4 Å². The molecule has 0 aliphatic carbocycles. The number of benzene rings is 2. The van der Waals surface area contributed by atoms with Gasteiger partial charge in [-0.15, -0.1) is 0 Å². The molecule has 5 aromatic rings.